The minimum absolute atomic E-state index is 0.293. The van der Waals surface area contributed by atoms with E-state index in [9.17, 15) is 0 Å². The molecule has 6 heteroatoms. The first-order chi connectivity index (χ1) is 5.35. The molecule has 0 bridgehead atoms. The molecule has 0 saturated heterocycles. The summed E-state index contributed by atoms with van der Waals surface area (Å²) in [5, 5.41) is 0.509. The second-order valence-corrected chi connectivity index (χ2v) is 4.05. The van der Waals surface area contributed by atoms with E-state index < -0.39 is 0 Å². The van der Waals surface area contributed by atoms with Gasteiger partial charge in [0, 0.05) is 17.3 Å². The van der Waals surface area contributed by atoms with Gasteiger partial charge in [-0.25, -0.2) is 3.63 Å². The van der Waals surface area contributed by atoms with Gasteiger partial charge in [-0.1, -0.05) is 13.8 Å². The van der Waals surface area contributed by atoms with E-state index >= 15 is 0 Å². The summed E-state index contributed by atoms with van der Waals surface area (Å²) in [4.78, 5) is 0. The highest BCUT2D eigenvalue weighted by Gasteiger charge is 2.04. The third-order valence-electron chi connectivity index (χ3n) is 1.17. The van der Waals surface area contributed by atoms with Gasteiger partial charge in [0.2, 0.25) is 0 Å². The van der Waals surface area contributed by atoms with Gasteiger partial charge in [-0.3, -0.25) is 0 Å². The van der Waals surface area contributed by atoms with Crippen LogP contribution in [0.3, 0.4) is 0 Å². The fraction of sp³-hybridized carbons (Fsp3) is 1.00. The predicted molar refractivity (Wildman–Crippen MR) is 51.9 cm³/mol. The SMILES string of the molecule is CCC(CC)SOSOSO. The predicted octanol–water partition coefficient (Wildman–Crippen LogP) is 3.54. The Kier molecular flexibility index (Phi) is 9.78. The highest BCUT2D eigenvalue weighted by atomic mass is 32.3. The highest BCUT2D eigenvalue weighted by molar-refractivity contribution is 8.10. The van der Waals surface area contributed by atoms with E-state index in [1.165, 1.54) is 12.0 Å². The fourth-order valence-electron chi connectivity index (χ4n) is 0.520. The van der Waals surface area contributed by atoms with Crippen molar-refractivity contribution in [3.8, 4) is 0 Å². The van der Waals surface area contributed by atoms with Crippen molar-refractivity contribution in [1.29, 1.82) is 0 Å². The van der Waals surface area contributed by atoms with E-state index in [1.54, 1.807) is 0 Å². The quantitative estimate of drug-likeness (QED) is 0.518. The van der Waals surface area contributed by atoms with Crippen LogP contribution in [0.15, 0.2) is 0 Å². The van der Waals surface area contributed by atoms with Gasteiger partial charge < -0.3 is 4.55 Å². The zero-order valence-corrected chi connectivity index (χ0v) is 8.93. The summed E-state index contributed by atoms with van der Waals surface area (Å²) in [6.07, 6.45) is 2.15. The summed E-state index contributed by atoms with van der Waals surface area (Å²) in [6.45, 7) is 4.22. The topological polar surface area (TPSA) is 38.7 Å². The number of hydrogen-bond acceptors (Lipinski definition) is 6. The lowest BCUT2D eigenvalue weighted by Gasteiger charge is -2.07. The molecular weight excluding hydrogens is 204 g/mol. The lowest BCUT2D eigenvalue weighted by Crippen LogP contribution is -1.96. The van der Waals surface area contributed by atoms with Crippen LogP contribution in [0.5, 0.6) is 0 Å². The van der Waals surface area contributed by atoms with E-state index in [0.717, 1.165) is 25.2 Å². The van der Waals surface area contributed by atoms with Gasteiger partial charge in [0.25, 0.3) is 0 Å². The average Bonchev–Trinajstić information content (AvgIpc) is 2.05. The minimum Gasteiger partial charge on any atom is -0.306 e. The monoisotopic (exact) mass is 216 g/mol. The summed E-state index contributed by atoms with van der Waals surface area (Å²) < 4.78 is 17.5. The Morgan fingerprint density at radius 3 is 2.36 bits per heavy atom. The maximum atomic E-state index is 8.13. The van der Waals surface area contributed by atoms with Crippen molar-refractivity contribution >= 4 is 36.7 Å². The van der Waals surface area contributed by atoms with Gasteiger partial charge in [0.15, 0.2) is 24.6 Å². The Balaban J connectivity index is 3.07. The van der Waals surface area contributed by atoms with Crippen LogP contribution in [0.4, 0.5) is 0 Å². The fourth-order valence-corrected chi connectivity index (χ4v) is 1.76. The lowest BCUT2D eigenvalue weighted by atomic mass is 10.3. The maximum absolute atomic E-state index is 8.13. The molecule has 0 amide bonds. The maximum Gasteiger partial charge on any atom is 0.186 e. The van der Waals surface area contributed by atoms with Gasteiger partial charge in [0.05, 0.1) is 0 Å². The van der Waals surface area contributed by atoms with E-state index in [0.29, 0.717) is 17.6 Å². The van der Waals surface area contributed by atoms with Crippen LogP contribution in [0, 0.1) is 0 Å². The molecule has 1 N–H and O–H groups in total. The summed E-state index contributed by atoms with van der Waals surface area (Å²) in [7, 11) is 0. The second kappa shape index (κ2) is 9.02. The van der Waals surface area contributed by atoms with Crippen molar-refractivity contribution in [1.82, 2.24) is 0 Å². The molecule has 0 radical (unpaired) electrons. The second-order valence-electron chi connectivity index (χ2n) is 1.81. The zero-order valence-electron chi connectivity index (χ0n) is 6.48. The third kappa shape index (κ3) is 7.30. The molecule has 0 spiro atoms. The molecule has 0 rings (SSSR count). The summed E-state index contributed by atoms with van der Waals surface area (Å²) in [5.41, 5.74) is 0. The molecule has 0 atom stereocenters. The summed E-state index contributed by atoms with van der Waals surface area (Å²) in [5.74, 6) is 0. The largest absolute Gasteiger partial charge is 0.306 e. The Labute approximate surface area is 80.6 Å². The van der Waals surface area contributed by atoms with Crippen molar-refractivity contribution in [2.75, 3.05) is 0 Å². The Morgan fingerprint density at radius 1 is 1.27 bits per heavy atom. The van der Waals surface area contributed by atoms with Crippen molar-refractivity contribution in [2.45, 2.75) is 31.9 Å². The summed E-state index contributed by atoms with van der Waals surface area (Å²) in [6, 6.07) is 0. The standard InChI is InChI=1S/C5H12O3S3/c1-3-5(4-2)9-7-11-8-10-6/h5-6H,3-4H2,1-2H3. The van der Waals surface area contributed by atoms with Crippen molar-refractivity contribution in [2.24, 2.45) is 0 Å². The Morgan fingerprint density at radius 2 is 1.91 bits per heavy atom. The average molecular weight is 216 g/mol. The highest BCUT2D eigenvalue weighted by Crippen LogP contribution is 2.26. The van der Waals surface area contributed by atoms with Gasteiger partial charge in [-0.05, 0) is 12.8 Å². The molecule has 0 aliphatic heterocycles. The molecule has 11 heavy (non-hydrogen) atoms. The molecule has 68 valence electrons. The van der Waals surface area contributed by atoms with Gasteiger partial charge in [-0.2, -0.15) is 3.63 Å². The van der Waals surface area contributed by atoms with Crippen LogP contribution in [0.2, 0.25) is 0 Å². The van der Waals surface area contributed by atoms with Crippen molar-refractivity contribution in [3.05, 3.63) is 0 Å². The smallest absolute Gasteiger partial charge is 0.186 e. The lowest BCUT2D eigenvalue weighted by molar-refractivity contribution is 0.554. The first-order valence-corrected chi connectivity index (χ1v) is 5.49. The van der Waals surface area contributed by atoms with Crippen LogP contribution in [-0.4, -0.2) is 9.80 Å². The van der Waals surface area contributed by atoms with Gasteiger partial charge in [0.1, 0.15) is 0 Å². The van der Waals surface area contributed by atoms with Crippen LogP contribution >= 0.6 is 36.7 Å². The molecule has 0 aromatic heterocycles. The van der Waals surface area contributed by atoms with Crippen molar-refractivity contribution < 1.29 is 11.8 Å². The normalized spacial score (nSPS) is 10.9. The molecule has 0 saturated carbocycles. The van der Waals surface area contributed by atoms with Crippen LogP contribution in [-0.2, 0) is 7.26 Å². The third-order valence-corrected chi connectivity index (χ3v) is 3.11. The molecule has 0 fully saturated rings. The molecule has 0 heterocycles. The number of hydrogen-bond donors (Lipinski definition) is 1. The van der Waals surface area contributed by atoms with Crippen LogP contribution in [0.1, 0.15) is 26.7 Å². The van der Waals surface area contributed by atoms with Crippen LogP contribution < -0.4 is 0 Å². The van der Waals surface area contributed by atoms with E-state index in [-0.39, 0.29) is 0 Å². The van der Waals surface area contributed by atoms with Crippen LogP contribution in [0.25, 0.3) is 0 Å². The molecule has 0 aromatic carbocycles. The van der Waals surface area contributed by atoms with E-state index in [2.05, 4.69) is 17.5 Å². The molecule has 0 aliphatic carbocycles. The Bertz CT molecular complexity index is 79.4. The minimum atomic E-state index is 0.293. The molecule has 0 unspecified atom stereocenters. The van der Waals surface area contributed by atoms with Gasteiger partial charge in [-0.15, -0.1) is 0 Å². The first kappa shape index (κ1) is 11.9. The molecular formula is C5H12O3S3. The van der Waals surface area contributed by atoms with E-state index in [1.807, 2.05) is 0 Å². The summed E-state index contributed by atoms with van der Waals surface area (Å²) >= 11 is 2.46. The molecule has 0 aliphatic rings. The van der Waals surface area contributed by atoms with Crippen molar-refractivity contribution in [3.63, 3.8) is 0 Å². The number of rotatable bonds is 7. The van der Waals surface area contributed by atoms with E-state index in [4.69, 9.17) is 8.18 Å². The Hall–Kier alpha value is 0.930. The molecule has 3 nitrogen and oxygen atoms in total. The molecule has 0 aromatic rings. The first-order valence-electron chi connectivity index (χ1n) is 3.32. The van der Waals surface area contributed by atoms with Gasteiger partial charge >= 0.3 is 0 Å². The zero-order chi connectivity index (χ0) is 8.53.